The number of amides is 2. The van der Waals surface area contributed by atoms with Crippen molar-refractivity contribution >= 4 is 35.2 Å². The summed E-state index contributed by atoms with van der Waals surface area (Å²) in [6.07, 6.45) is 2.36. The van der Waals surface area contributed by atoms with Gasteiger partial charge in [0.05, 0.1) is 27.6 Å². The van der Waals surface area contributed by atoms with Gasteiger partial charge in [-0.15, -0.1) is 0 Å². The van der Waals surface area contributed by atoms with Gasteiger partial charge in [0.2, 0.25) is 12.1 Å². The molecule has 2 amide bonds. The Morgan fingerprint density at radius 1 is 0.837 bits per heavy atom. The van der Waals surface area contributed by atoms with Gasteiger partial charge >= 0.3 is 0 Å². The third-order valence-corrected chi connectivity index (χ3v) is 7.87. The molecule has 5 aromatic rings. The third-order valence-electron chi connectivity index (χ3n) is 7.55. The Kier molecular flexibility index (Phi) is 7.36. The maximum atomic E-state index is 14.1. The zero-order valence-electron chi connectivity index (χ0n) is 22.8. The van der Waals surface area contributed by atoms with E-state index in [1.807, 2.05) is 83.4 Å². The van der Waals surface area contributed by atoms with E-state index < -0.39 is 10.8 Å². The quantitative estimate of drug-likeness (QED) is 0.169. The summed E-state index contributed by atoms with van der Waals surface area (Å²) in [5, 5.41) is 11.2. The van der Waals surface area contributed by atoms with Crippen LogP contribution in [0.4, 0.5) is 5.69 Å². The van der Waals surface area contributed by atoms with Gasteiger partial charge in [-0.2, -0.15) is 0 Å². The number of halogens is 1. The van der Waals surface area contributed by atoms with E-state index in [1.54, 1.807) is 29.2 Å². The van der Waals surface area contributed by atoms with Crippen LogP contribution in [0.5, 0.6) is 0 Å². The number of aromatic nitrogens is 1. The van der Waals surface area contributed by atoms with E-state index in [4.69, 9.17) is 17.3 Å². The second-order valence-electron chi connectivity index (χ2n) is 10.1. The van der Waals surface area contributed by atoms with Crippen molar-refractivity contribution in [2.75, 3.05) is 4.90 Å². The number of carbonyl (C=O) groups excluding carboxylic acids is 2. The first kappa shape index (κ1) is 27.7. The number of primary amides is 1. The molecule has 0 atom stereocenters. The van der Waals surface area contributed by atoms with Gasteiger partial charge in [-0.1, -0.05) is 84.4 Å². The molecule has 2 heterocycles. The van der Waals surface area contributed by atoms with Gasteiger partial charge in [-0.25, -0.2) is 0 Å². The number of nitrogens with two attached hydrogens (primary N) is 1. The Morgan fingerprint density at radius 2 is 1.56 bits per heavy atom. The summed E-state index contributed by atoms with van der Waals surface area (Å²) >= 11 is 6.78. The zero-order chi connectivity index (χ0) is 30.1. The van der Waals surface area contributed by atoms with E-state index in [2.05, 4.69) is 0 Å². The second-order valence-corrected chi connectivity index (χ2v) is 10.5. The summed E-state index contributed by atoms with van der Waals surface area (Å²) < 4.78 is 1.96. The monoisotopic (exact) mass is 588 g/mol. The topological polar surface area (TPSA) is 111 Å². The molecule has 1 aliphatic rings. The molecule has 9 heteroatoms. The van der Waals surface area contributed by atoms with Crippen molar-refractivity contribution in [3.8, 4) is 22.3 Å². The molecule has 8 nitrogen and oxygen atoms in total. The molecule has 1 aliphatic heterocycles. The Hall–Kier alpha value is -5.47. The molecule has 0 radical (unpaired) electrons. The number of nitro groups is 1. The molecule has 0 bridgehead atoms. The van der Waals surface area contributed by atoms with Crippen LogP contribution < -0.4 is 10.6 Å². The maximum Gasteiger partial charge on any atom is 0.260 e. The van der Waals surface area contributed by atoms with E-state index in [0.717, 1.165) is 28.7 Å². The largest absolute Gasteiger partial charge is 0.366 e. The minimum Gasteiger partial charge on any atom is -0.366 e. The molecule has 0 fully saturated rings. The first-order valence-corrected chi connectivity index (χ1v) is 13.9. The Morgan fingerprint density at radius 3 is 2.28 bits per heavy atom. The third kappa shape index (κ3) is 5.31. The molecule has 2 N–H and O–H groups in total. The van der Waals surface area contributed by atoms with Gasteiger partial charge in [0.25, 0.3) is 5.91 Å². The first-order chi connectivity index (χ1) is 20.8. The van der Waals surface area contributed by atoms with Gasteiger partial charge in [-0.05, 0) is 58.1 Å². The molecule has 0 aliphatic carbocycles. The Balaban J connectivity index is 1.39. The highest BCUT2D eigenvalue weighted by molar-refractivity contribution is 6.35. The van der Waals surface area contributed by atoms with Gasteiger partial charge in [0.15, 0.2) is 0 Å². The number of fused-ring (bicyclic) bond motifs is 2. The Labute approximate surface area is 252 Å². The maximum absolute atomic E-state index is 14.1. The smallest absolute Gasteiger partial charge is 0.260 e. The number of nitrogens with zero attached hydrogens (tertiary/aromatic N) is 3. The molecular formula is C34H25ClN4O4. The number of para-hydroxylation sites is 1. The molecule has 0 saturated heterocycles. The lowest BCUT2D eigenvalue weighted by molar-refractivity contribution is -0.401. The lowest BCUT2D eigenvalue weighted by Gasteiger charge is -2.23. The number of hydrogen-bond acceptors (Lipinski definition) is 4. The number of benzene rings is 4. The number of rotatable bonds is 6. The summed E-state index contributed by atoms with van der Waals surface area (Å²) in [5.74, 6) is -0.864. The first-order valence-electron chi connectivity index (χ1n) is 13.5. The summed E-state index contributed by atoms with van der Waals surface area (Å²) in [7, 11) is 0. The molecule has 4 aromatic carbocycles. The number of hydrogen-bond donors (Lipinski definition) is 1. The van der Waals surface area contributed by atoms with Crippen LogP contribution in [-0.2, 0) is 13.1 Å². The van der Waals surface area contributed by atoms with Crippen LogP contribution >= 0.6 is 11.6 Å². The lowest BCUT2D eigenvalue weighted by atomic mass is 9.91. The SMILES string of the molecule is NC(=O)c1c(-c2ccccc2)cccc1-c1ccc(C(=O)N2Cc3ccc(C=C[N+](=O)[O-])n3Cc3ccccc32)c(Cl)c1. The molecule has 43 heavy (non-hydrogen) atoms. The number of carbonyl (C=O) groups is 2. The molecular weight excluding hydrogens is 564 g/mol. The van der Waals surface area contributed by atoms with E-state index in [-0.39, 0.29) is 17.5 Å². The predicted molar refractivity (Wildman–Crippen MR) is 167 cm³/mol. The van der Waals surface area contributed by atoms with E-state index in [1.165, 1.54) is 6.08 Å². The summed E-state index contributed by atoms with van der Waals surface area (Å²) in [4.78, 5) is 38.8. The normalized spacial score (nSPS) is 12.4. The lowest BCUT2D eigenvalue weighted by Crippen LogP contribution is -2.30. The van der Waals surface area contributed by atoms with Crippen LogP contribution in [0.25, 0.3) is 28.3 Å². The van der Waals surface area contributed by atoms with Crippen LogP contribution in [0.2, 0.25) is 5.02 Å². The van der Waals surface area contributed by atoms with Gasteiger partial charge < -0.3 is 15.2 Å². The highest BCUT2D eigenvalue weighted by Crippen LogP contribution is 2.36. The van der Waals surface area contributed by atoms with Crippen LogP contribution in [-0.4, -0.2) is 21.3 Å². The molecule has 1 aromatic heterocycles. The zero-order valence-corrected chi connectivity index (χ0v) is 23.6. The molecule has 0 saturated carbocycles. The van der Waals surface area contributed by atoms with Crippen LogP contribution in [0, 0.1) is 10.1 Å². The van der Waals surface area contributed by atoms with Crippen LogP contribution in [0.3, 0.4) is 0 Å². The fourth-order valence-corrected chi connectivity index (χ4v) is 5.83. The van der Waals surface area contributed by atoms with Crippen LogP contribution in [0.15, 0.2) is 109 Å². The summed E-state index contributed by atoms with van der Waals surface area (Å²) in [6, 6.07) is 31.4. The van der Waals surface area contributed by atoms with E-state index >= 15 is 0 Å². The number of anilines is 1. The van der Waals surface area contributed by atoms with Crippen molar-refractivity contribution in [1.29, 1.82) is 0 Å². The van der Waals surface area contributed by atoms with Crippen LogP contribution in [0.1, 0.15) is 37.7 Å². The molecule has 212 valence electrons. The van der Waals surface area contributed by atoms with Crippen molar-refractivity contribution in [1.82, 2.24) is 4.57 Å². The van der Waals surface area contributed by atoms with Gasteiger partial charge in [-0.3, -0.25) is 19.7 Å². The molecule has 0 unspecified atom stereocenters. The molecule has 0 spiro atoms. The Bertz CT molecular complexity index is 1930. The fraction of sp³-hybridized carbons (Fsp3) is 0.0588. The highest BCUT2D eigenvalue weighted by Gasteiger charge is 2.27. The van der Waals surface area contributed by atoms with E-state index in [0.29, 0.717) is 40.1 Å². The van der Waals surface area contributed by atoms with Gasteiger partial charge in [0.1, 0.15) is 0 Å². The van der Waals surface area contributed by atoms with E-state index in [9.17, 15) is 19.7 Å². The minimum absolute atomic E-state index is 0.231. The predicted octanol–water partition coefficient (Wildman–Crippen LogP) is 7.03. The van der Waals surface area contributed by atoms with Crippen molar-refractivity contribution in [2.24, 2.45) is 5.73 Å². The fourth-order valence-electron chi connectivity index (χ4n) is 5.57. The second kappa shape index (κ2) is 11.4. The van der Waals surface area contributed by atoms with Crippen molar-refractivity contribution in [3.63, 3.8) is 0 Å². The van der Waals surface area contributed by atoms with Gasteiger partial charge in [0, 0.05) is 29.7 Å². The average molecular weight is 589 g/mol. The van der Waals surface area contributed by atoms with Crippen molar-refractivity contribution in [3.05, 3.63) is 153 Å². The van der Waals surface area contributed by atoms with Crippen molar-refractivity contribution in [2.45, 2.75) is 13.1 Å². The molecule has 6 rings (SSSR count). The highest BCUT2D eigenvalue weighted by atomic mass is 35.5. The standard InChI is InChI=1S/C34H25ClN4O4/c35-30-19-23(28-11-6-10-27(32(28)33(36)40)22-7-2-1-3-8-22)13-16-29(30)34(41)38-21-26-15-14-25(17-18-39(42)43)37(26)20-24-9-4-5-12-31(24)38/h1-19H,20-21H2,(H2,36,40). The summed E-state index contributed by atoms with van der Waals surface area (Å²) in [5.41, 5.74) is 12.5. The average Bonchev–Trinajstić information content (AvgIpc) is 3.30. The minimum atomic E-state index is -0.567. The summed E-state index contributed by atoms with van der Waals surface area (Å²) in [6.45, 7) is 0.686. The van der Waals surface area contributed by atoms with Crippen molar-refractivity contribution < 1.29 is 14.5 Å².